The fourth-order valence-corrected chi connectivity index (χ4v) is 3.14. The van der Waals surface area contributed by atoms with Crippen molar-refractivity contribution in [2.45, 2.75) is 36.9 Å². The smallest absolute Gasteiger partial charge is 0.306 e. The molecule has 0 rings (SSSR count). The lowest BCUT2D eigenvalue weighted by molar-refractivity contribution is -0.250. The van der Waals surface area contributed by atoms with E-state index in [1.54, 1.807) is 0 Å². The number of ether oxygens (including phenoxy) is 5. The van der Waals surface area contributed by atoms with Gasteiger partial charge < -0.3 is 33.9 Å². The van der Waals surface area contributed by atoms with Gasteiger partial charge in [-0.05, 0) is 0 Å². The van der Waals surface area contributed by atoms with Crippen LogP contribution in [0.15, 0.2) is 0 Å². The van der Waals surface area contributed by atoms with Gasteiger partial charge in [0.1, 0.15) is 26.4 Å². The number of aliphatic hydroxyl groups excluding tert-OH is 2. The van der Waals surface area contributed by atoms with Crippen LogP contribution in [0.3, 0.4) is 0 Å². The molecule has 0 bridgehead atoms. The maximum absolute atomic E-state index is 11.9. The van der Waals surface area contributed by atoms with Crippen LogP contribution in [0, 0.1) is 0 Å². The predicted octanol–water partition coefficient (Wildman–Crippen LogP) is -0.0824. The SMILES string of the molecule is O=C(CCS)OCC(CO)(COC(=O)CCS)OC(CO)(COC(=O)CCS)COC(=O)CCS. The van der Waals surface area contributed by atoms with E-state index in [2.05, 4.69) is 50.5 Å². The molecule has 0 aliphatic heterocycles. The summed E-state index contributed by atoms with van der Waals surface area (Å²) in [5.74, 6) is -1.87. The zero-order valence-electron chi connectivity index (χ0n) is 19.3. The van der Waals surface area contributed by atoms with Gasteiger partial charge >= 0.3 is 23.9 Å². The molecule has 0 fully saturated rings. The quantitative estimate of drug-likeness (QED) is 0.0653. The Morgan fingerprint density at radius 3 is 0.914 bits per heavy atom. The lowest BCUT2D eigenvalue weighted by Gasteiger charge is -2.40. The number of carbonyl (C=O) groups excluding carboxylic acids is 4. The normalized spacial score (nSPS) is 11.6. The van der Waals surface area contributed by atoms with E-state index < -0.39 is 74.7 Å². The Morgan fingerprint density at radius 1 is 0.514 bits per heavy atom. The van der Waals surface area contributed by atoms with Crippen molar-refractivity contribution in [3.8, 4) is 0 Å². The van der Waals surface area contributed by atoms with Gasteiger partial charge in [-0.25, -0.2) is 0 Å². The van der Waals surface area contributed by atoms with Gasteiger partial charge in [-0.15, -0.1) is 0 Å². The van der Waals surface area contributed by atoms with Crippen LogP contribution in [0.5, 0.6) is 0 Å². The Balaban J connectivity index is 5.96. The van der Waals surface area contributed by atoms with Crippen molar-refractivity contribution in [1.29, 1.82) is 0 Å². The summed E-state index contributed by atoms with van der Waals surface area (Å²) >= 11 is 15.8. The molecule has 0 saturated carbocycles. The summed E-state index contributed by atoms with van der Waals surface area (Å²) in [7, 11) is 0. The first-order chi connectivity index (χ1) is 16.6. The highest BCUT2D eigenvalue weighted by molar-refractivity contribution is 7.80. The van der Waals surface area contributed by atoms with Crippen molar-refractivity contribution in [3.05, 3.63) is 0 Å². The second-order valence-corrected chi connectivity index (χ2v) is 9.11. The van der Waals surface area contributed by atoms with Gasteiger partial charge in [-0.2, -0.15) is 50.5 Å². The molecular formula is C20H34O11S4. The second-order valence-electron chi connectivity index (χ2n) is 7.32. The average Bonchev–Trinajstić information content (AvgIpc) is 2.83. The van der Waals surface area contributed by atoms with Crippen molar-refractivity contribution >= 4 is 74.4 Å². The van der Waals surface area contributed by atoms with Crippen molar-refractivity contribution in [3.63, 3.8) is 0 Å². The zero-order chi connectivity index (χ0) is 26.7. The van der Waals surface area contributed by atoms with Gasteiger partial charge in [-0.1, -0.05) is 0 Å². The van der Waals surface area contributed by atoms with Gasteiger partial charge in [-0.3, -0.25) is 19.2 Å². The number of hydrogen-bond acceptors (Lipinski definition) is 15. The van der Waals surface area contributed by atoms with Crippen molar-refractivity contribution < 1.29 is 53.1 Å². The highest BCUT2D eigenvalue weighted by Gasteiger charge is 2.46. The number of carbonyl (C=O) groups is 4. The van der Waals surface area contributed by atoms with E-state index in [1.165, 1.54) is 0 Å². The maximum Gasteiger partial charge on any atom is 0.306 e. The summed E-state index contributed by atoms with van der Waals surface area (Å²) < 4.78 is 26.6. The Morgan fingerprint density at radius 2 is 0.743 bits per heavy atom. The van der Waals surface area contributed by atoms with Gasteiger partial charge in [0.15, 0.2) is 11.2 Å². The Kier molecular flexibility index (Phi) is 18.8. The van der Waals surface area contributed by atoms with E-state index in [4.69, 9.17) is 23.7 Å². The van der Waals surface area contributed by atoms with Crippen LogP contribution in [-0.4, -0.2) is 108 Å². The van der Waals surface area contributed by atoms with Crippen molar-refractivity contribution in [1.82, 2.24) is 0 Å². The minimum absolute atomic E-state index is 0.0438. The fourth-order valence-electron chi connectivity index (χ4n) is 2.41. The summed E-state index contributed by atoms with van der Waals surface area (Å²) in [5.41, 5.74) is -3.79. The van der Waals surface area contributed by atoms with Crippen molar-refractivity contribution in [2.75, 3.05) is 62.7 Å². The monoisotopic (exact) mass is 578 g/mol. The predicted molar refractivity (Wildman–Crippen MR) is 138 cm³/mol. The molecule has 0 spiro atoms. The first kappa shape index (κ1) is 34.2. The number of thiol groups is 4. The highest BCUT2D eigenvalue weighted by atomic mass is 32.1. The molecular weight excluding hydrogens is 544 g/mol. The van der Waals surface area contributed by atoms with E-state index >= 15 is 0 Å². The summed E-state index contributed by atoms with van der Waals surface area (Å²) in [5, 5.41) is 20.4. The van der Waals surface area contributed by atoms with Crippen LogP contribution < -0.4 is 0 Å². The zero-order valence-corrected chi connectivity index (χ0v) is 22.8. The summed E-state index contributed by atoms with van der Waals surface area (Å²) in [6, 6.07) is 0. The topological polar surface area (TPSA) is 155 Å². The van der Waals surface area contributed by atoms with E-state index in [-0.39, 0.29) is 48.7 Å². The minimum Gasteiger partial charge on any atom is -0.462 e. The van der Waals surface area contributed by atoms with E-state index in [1.807, 2.05) is 0 Å². The van der Waals surface area contributed by atoms with E-state index in [9.17, 15) is 29.4 Å². The molecule has 0 radical (unpaired) electrons. The van der Waals surface area contributed by atoms with Crippen LogP contribution in [0.25, 0.3) is 0 Å². The Labute approximate surface area is 226 Å². The van der Waals surface area contributed by atoms with E-state index in [0.717, 1.165) is 0 Å². The third-order valence-electron chi connectivity index (χ3n) is 4.26. The van der Waals surface area contributed by atoms with Gasteiger partial charge in [0.2, 0.25) is 0 Å². The second kappa shape index (κ2) is 19.3. The molecule has 204 valence electrons. The third kappa shape index (κ3) is 14.5. The number of hydrogen-bond donors (Lipinski definition) is 6. The molecule has 0 aromatic carbocycles. The van der Waals surface area contributed by atoms with Gasteiger partial charge in [0, 0.05) is 23.0 Å². The molecule has 0 aromatic rings. The Hall–Kier alpha value is -0.840. The molecule has 0 amide bonds. The fraction of sp³-hybridized carbons (Fsp3) is 0.800. The number of rotatable bonds is 20. The van der Waals surface area contributed by atoms with Crippen LogP contribution in [0.2, 0.25) is 0 Å². The molecule has 0 aromatic heterocycles. The number of aliphatic hydroxyl groups is 2. The van der Waals surface area contributed by atoms with Crippen LogP contribution in [0.4, 0.5) is 0 Å². The van der Waals surface area contributed by atoms with Gasteiger partial charge in [0.05, 0.1) is 38.9 Å². The summed E-state index contributed by atoms with van der Waals surface area (Å²) in [6.45, 7) is -4.07. The van der Waals surface area contributed by atoms with Crippen LogP contribution >= 0.6 is 50.5 Å². The maximum atomic E-state index is 11.9. The minimum atomic E-state index is -1.90. The lowest BCUT2D eigenvalue weighted by Crippen LogP contribution is -2.59. The standard InChI is InChI=1S/C20H34O11S4/c21-9-19(11-27-15(23)1-5-32,12-28-16(24)2-6-33)31-20(10-22,13-29-17(25)3-7-34)14-30-18(26)4-8-35/h21-22,32-35H,1-14H2. The molecule has 0 atom stereocenters. The van der Waals surface area contributed by atoms with Crippen LogP contribution in [-0.2, 0) is 42.9 Å². The molecule has 0 aliphatic carbocycles. The molecule has 2 N–H and O–H groups in total. The molecule has 0 saturated heterocycles. The first-order valence-corrected chi connectivity index (χ1v) is 13.2. The molecule has 0 unspecified atom stereocenters. The lowest BCUT2D eigenvalue weighted by atomic mass is 10.0. The molecule has 35 heavy (non-hydrogen) atoms. The first-order valence-electron chi connectivity index (χ1n) is 10.6. The van der Waals surface area contributed by atoms with Gasteiger partial charge in [0.25, 0.3) is 0 Å². The van der Waals surface area contributed by atoms with Crippen LogP contribution in [0.1, 0.15) is 25.7 Å². The average molecular weight is 579 g/mol. The van der Waals surface area contributed by atoms with E-state index in [0.29, 0.717) is 0 Å². The third-order valence-corrected chi connectivity index (χ3v) is 5.15. The molecule has 11 nitrogen and oxygen atoms in total. The molecule has 0 heterocycles. The molecule has 15 heteroatoms. The highest BCUT2D eigenvalue weighted by Crippen LogP contribution is 2.25. The Bertz CT molecular complexity index is 565. The summed E-state index contributed by atoms with van der Waals surface area (Å²) in [6.07, 6.45) is -0.175. The summed E-state index contributed by atoms with van der Waals surface area (Å²) in [4.78, 5) is 47.7. The van der Waals surface area contributed by atoms with Crippen molar-refractivity contribution in [2.24, 2.45) is 0 Å². The largest absolute Gasteiger partial charge is 0.462 e. The number of esters is 4. The molecule has 0 aliphatic rings.